The van der Waals surface area contributed by atoms with Gasteiger partial charge in [0.15, 0.2) is 11.7 Å². The molecule has 3 rings (SSSR count). The van der Waals surface area contributed by atoms with Gasteiger partial charge < -0.3 is 14.2 Å². The van der Waals surface area contributed by atoms with Gasteiger partial charge in [-0.15, -0.1) is 11.3 Å². The van der Waals surface area contributed by atoms with Gasteiger partial charge in [0.25, 0.3) is 5.91 Å². The minimum absolute atomic E-state index is 0.0373. The van der Waals surface area contributed by atoms with Gasteiger partial charge in [-0.3, -0.25) is 14.9 Å². The predicted molar refractivity (Wildman–Crippen MR) is 124 cm³/mol. The van der Waals surface area contributed by atoms with E-state index in [4.69, 9.17) is 14.2 Å². The molecule has 0 fully saturated rings. The Kier molecular flexibility index (Phi) is 8.62. The number of amides is 1. The van der Waals surface area contributed by atoms with E-state index >= 15 is 0 Å². The van der Waals surface area contributed by atoms with Crippen molar-refractivity contribution in [1.29, 1.82) is 0 Å². The van der Waals surface area contributed by atoms with Crippen LogP contribution >= 0.6 is 11.3 Å². The summed E-state index contributed by atoms with van der Waals surface area (Å²) in [5, 5.41) is 4.99. The Labute approximate surface area is 191 Å². The molecule has 168 valence electrons. The van der Waals surface area contributed by atoms with Crippen molar-refractivity contribution in [2.75, 3.05) is 25.1 Å². The van der Waals surface area contributed by atoms with Crippen LogP contribution in [-0.2, 0) is 20.7 Å². The summed E-state index contributed by atoms with van der Waals surface area (Å²) in [7, 11) is 0. The Hall–Kier alpha value is -3.39. The van der Waals surface area contributed by atoms with Crippen molar-refractivity contribution in [2.24, 2.45) is 0 Å². The van der Waals surface area contributed by atoms with Gasteiger partial charge >= 0.3 is 5.97 Å². The zero-order chi connectivity index (χ0) is 22.8. The lowest BCUT2D eigenvalue weighted by atomic mass is 10.1. The van der Waals surface area contributed by atoms with E-state index in [1.165, 1.54) is 16.9 Å². The number of nitrogens with zero attached hydrogens (tertiary/aromatic N) is 1. The maximum absolute atomic E-state index is 12.1. The molecule has 1 amide bonds. The van der Waals surface area contributed by atoms with Crippen molar-refractivity contribution in [2.45, 2.75) is 26.7 Å². The summed E-state index contributed by atoms with van der Waals surface area (Å²) in [4.78, 5) is 28.3. The van der Waals surface area contributed by atoms with Crippen molar-refractivity contribution in [1.82, 2.24) is 4.98 Å². The largest absolute Gasteiger partial charge is 0.494 e. The molecule has 0 saturated heterocycles. The molecule has 0 aliphatic rings. The highest BCUT2D eigenvalue weighted by molar-refractivity contribution is 7.14. The minimum atomic E-state index is -0.512. The molecule has 0 atom stereocenters. The van der Waals surface area contributed by atoms with Gasteiger partial charge in [-0.25, -0.2) is 4.98 Å². The quantitative estimate of drug-likeness (QED) is 0.422. The average molecular weight is 455 g/mol. The fraction of sp³-hybridized carbons (Fsp3) is 0.292. The molecule has 3 aromatic rings. The molecule has 2 aromatic carbocycles. The molecule has 0 unspecified atom stereocenters. The van der Waals surface area contributed by atoms with Crippen LogP contribution in [0.1, 0.15) is 25.8 Å². The molecule has 0 saturated carbocycles. The lowest BCUT2D eigenvalue weighted by Gasteiger charge is -2.08. The number of anilines is 1. The summed E-state index contributed by atoms with van der Waals surface area (Å²) in [6, 6.07) is 15.3. The van der Waals surface area contributed by atoms with Gasteiger partial charge in [0.05, 0.1) is 25.3 Å². The topological polar surface area (TPSA) is 86.8 Å². The number of benzene rings is 2. The first-order valence-corrected chi connectivity index (χ1v) is 11.3. The lowest BCUT2D eigenvalue weighted by molar-refractivity contribution is -0.147. The second kappa shape index (κ2) is 11.9. The first-order valence-electron chi connectivity index (χ1n) is 10.4. The Morgan fingerprint density at radius 3 is 2.31 bits per heavy atom. The molecule has 7 nitrogen and oxygen atoms in total. The van der Waals surface area contributed by atoms with E-state index < -0.39 is 11.9 Å². The summed E-state index contributed by atoms with van der Waals surface area (Å²) < 4.78 is 15.9. The number of nitrogens with one attached hydrogen (secondary N) is 1. The smallest absolute Gasteiger partial charge is 0.309 e. The van der Waals surface area contributed by atoms with Crippen LogP contribution in [0.25, 0.3) is 11.3 Å². The monoisotopic (exact) mass is 454 g/mol. The van der Waals surface area contributed by atoms with E-state index in [-0.39, 0.29) is 19.6 Å². The number of thiazole rings is 1. The van der Waals surface area contributed by atoms with Gasteiger partial charge in [-0.2, -0.15) is 0 Å². The van der Waals surface area contributed by atoms with Crippen LogP contribution in [0, 0.1) is 0 Å². The summed E-state index contributed by atoms with van der Waals surface area (Å²) in [5.41, 5.74) is 3.03. The second-order valence-electron chi connectivity index (χ2n) is 6.80. The van der Waals surface area contributed by atoms with E-state index in [1.54, 1.807) is 24.3 Å². The number of hydrogen-bond acceptors (Lipinski definition) is 7. The molecular formula is C24H26N2O5S. The van der Waals surface area contributed by atoms with Crippen LogP contribution in [0.4, 0.5) is 5.13 Å². The van der Waals surface area contributed by atoms with Gasteiger partial charge in [-0.05, 0) is 43.2 Å². The van der Waals surface area contributed by atoms with Crippen molar-refractivity contribution in [3.05, 3.63) is 59.5 Å². The number of aromatic nitrogens is 1. The summed E-state index contributed by atoms with van der Waals surface area (Å²) >= 11 is 1.32. The van der Waals surface area contributed by atoms with Crippen molar-refractivity contribution >= 4 is 28.3 Å². The van der Waals surface area contributed by atoms with Crippen molar-refractivity contribution in [3.63, 3.8) is 0 Å². The fourth-order valence-corrected chi connectivity index (χ4v) is 3.54. The van der Waals surface area contributed by atoms with Crippen LogP contribution in [0.2, 0.25) is 0 Å². The maximum atomic E-state index is 12.1. The van der Waals surface area contributed by atoms with Crippen LogP contribution in [0.5, 0.6) is 11.5 Å². The number of esters is 1. The molecular weight excluding hydrogens is 428 g/mol. The number of rotatable bonds is 11. The highest BCUT2D eigenvalue weighted by atomic mass is 32.1. The summed E-state index contributed by atoms with van der Waals surface area (Å²) in [6.07, 6.45) is 1.01. The normalized spacial score (nSPS) is 10.4. The molecule has 0 aliphatic heterocycles. The zero-order valence-electron chi connectivity index (χ0n) is 18.1. The zero-order valence-corrected chi connectivity index (χ0v) is 18.9. The maximum Gasteiger partial charge on any atom is 0.309 e. The van der Waals surface area contributed by atoms with E-state index in [0.717, 1.165) is 23.4 Å². The second-order valence-corrected chi connectivity index (χ2v) is 7.66. The third-order valence-corrected chi connectivity index (χ3v) is 5.24. The first kappa shape index (κ1) is 23.3. The fourth-order valence-electron chi connectivity index (χ4n) is 2.80. The number of carbonyl (C=O) groups is 2. The Bertz CT molecular complexity index is 1020. The number of carbonyl (C=O) groups excluding carboxylic acids is 2. The van der Waals surface area contributed by atoms with E-state index in [0.29, 0.717) is 17.5 Å². The van der Waals surface area contributed by atoms with E-state index in [1.807, 2.05) is 24.4 Å². The van der Waals surface area contributed by atoms with Gasteiger partial charge in [0.1, 0.15) is 11.5 Å². The molecule has 0 aliphatic carbocycles. The van der Waals surface area contributed by atoms with Crippen LogP contribution < -0.4 is 14.8 Å². The third kappa shape index (κ3) is 7.09. The molecule has 1 heterocycles. The summed E-state index contributed by atoms with van der Waals surface area (Å²) in [6.45, 7) is 4.39. The standard InChI is InChI=1S/C24H26N2O5S/c1-3-17-5-7-18(8-6-17)21-16-32-24(25-21)26-22(27)15-31-23(28)13-14-30-20-11-9-19(10-12-20)29-4-2/h5-12,16H,3-4,13-15H2,1-2H3,(H,25,26,27). The van der Waals surface area contributed by atoms with Crippen molar-refractivity contribution in [3.8, 4) is 22.8 Å². The molecule has 8 heteroatoms. The number of ether oxygens (including phenoxy) is 3. The molecule has 0 bridgehead atoms. The number of hydrogen-bond donors (Lipinski definition) is 1. The third-order valence-electron chi connectivity index (χ3n) is 4.48. The van der Waals surface area contributed by atoms with Crippen LogP contribution in [-0.4, -0.2) is 36.7 Å². The van der Waals surface area contributed by atoms with Gasteiger partial charge in [0.2, 0.25) is 0 Å². The highest BCUT2D eigenvalue weighted by Crippen LogP contribution is 2.25. The first-order chi connectivity index (χ1) is 15.6. The Morgan fingerprint density at radius 2 is 1.66 bits per heavy atom. The molecule has 0 spiro atoms. The van der Waals surface area contributed by atoms with Crippen LogP contribution in [0.15, 0.2) is 53.9 Å². The Morgan fingerprint density at radius 1 is 0.969 bits per heavy atom. The van der Waals surface area contributed by atoms with E-state index in [9.17, 15) is 9.59 Å². The lowest BCUT2D eigenvalue weighted by Crippen LogP contribution is -2.21. The van der Waals surface area contributed by atoms with E-state index in [2.05, 4.69) is 29.4 Å². The SMILES string of the molecule is CCOc1ccc(OCCC(=O)OCC(=O)Nc2nc(-c3ccc(CC)cc3)cs2)cc1. The minimum Gasteiger partial charge on any atom is -0.494 e. The predicted octanol–water partition coefficient (Wildman–Crippen LogP) is 4.72. The number of aryl methyl sites for hydroxylation is 1. The summed E-state index contributed by atoms with van der Waals surface area (Å²) in [5.74, 6) is 0.435. The van der Waals surface area contributed by atoms with Crippen LogP contribution in [0.3, 0.4) is 0 Å². The van der Waals surface area contributed by atoms with Gasteiger partial charge in [0, 0.05) is 10.9 Å². The van der Waals surface area contributed by atoms with Gasteiger partial charge in [-0.1, -0.05) is 31.2 Å². The molecule has 32 heavy (non-hydrogen) atoms. The highest BCUT2D eigenvalue weighted by Gasteiger charge is 2.11. The molecule has 1 aromatic heterocycles. The average Bonchev–Trinajstić information content (AvgIpc) is 3.27. The Balaban J connectivity index is 1.37. The molecule has 0 radical (unpaired) electrons. The van der Waals surface area contributed by atoms with Crippen molar-refractivity contribution < 1.29 is 23.8 Å². The molecule has 1 N–H and O–H groups in total.